The Morgan fingerprint density at radius 1 is 1.44 bits per heavy atom. The third-order valence-corrected chi connectivity index (χ3v) is 3.30. The Morgan fingerprint density at radius 3 is 2.56 bits per heavy atom. The van der Waals surface area contributed by atoms with Gasteiger partial charge in [0.15, 0.2) is 0 Å². The number of nitrogens with two attached hydrogens (primary N) is 1. The fraction of sp³-hybridized carbons (Fsp3) is 0.692. The number of rotatable bonds is 8. The van der Waals surface area contributed by atoms with Gasteiger partial charge in [0.05, 0.1) is 12.0 Å². The summed E-state index contributed by atoms with van der Waals surface area (Å²) in [6.07, 6.45) is 7.02. The lowest BCUT2D eigenvalue weighted by Gasteiger charge is -2.30. The monoisotopic (exact) mass is 252 g/mol. The first-order chi connectivity index (χ1) is 8.68. The molecule has 1 aromatic heterocycles. The van der Waals surface area contributed by atoms with Crippen molar-refractivity contribution < 1.29 is 4.79 Å². The maximum Gasteiger partial charge on any atom is 0.227 e. The SMILES string of the molecule is CCCC(CN)(CCC)C(=O)NCc1ncc[nH]1. The Morgan fingerprint density at radius 2 is 2.11 bits per heavy atom. The highest BCUT2D eigenvalue weighted by Crippen LogP contribution is 2.29. The number of aromatic nitrogens is 2. The van der Waals surface area contributed by atoms with Gasteiger partial charge < -0.3 is 16.0 Å². The van der Waals surface area contributed by atoms with Crippen molar-refractivity contribution in [3.8, 4) is 0 Å². The van der Waals surface area contributed by atoms with Crippen molar-refractivity contribution in [1.82, 2.24) is 15.3 Å². The number of imidazole rings is 1. The number of nitrogens with zero attached hydrogens (tertiary/aromatic N) is 1. The fourth-order valence-electron chi connectivity index (χ4n) is 2.35. The molecule has 0 saturated carbocycles. The van der Waals surface area contributed by atoms with E-state index in [2.05, 4.69) is 29.1 Å². The summed E-state index contributed by atoms with van der Waals surface area (Å²) in [7, 11) is 0. The van der Waals surface area contributed by atoms with Crippen LogP contribution in [0.25, 0.3) is 0 Å². The topological polar surface area (TPSA) is 83.8 Å². The minimum absolute atomic E-state index is 0.0464. The molecule has 0 aliphatic carbocycles. The molecule has 0 spiro atoms. The summed E-state index contributed by atoms with van der Waals surface area (Å²) in [5.74, 6) is 0.812. The Bertz CT molecular complexity index is 342. The van der Waals surface area contributed by atoms with E-state index in [9.17, 15) is 4.79 Å². The van der Waals surface area contributed by atoms with Crippen LogP contribution in [0.2, 0.25) is 0 Å². The van der Waals surface area contributed by atoms with Crippen molar-refractivity contribution in [2.24, 2.45) is 11.1 Å². The van der Waals surface area contributed by atoms with Gasteiger partial charge in [-0.25, -0.2) is 4.98 Å². The number of hydrogen-bond donors (Lipinski definition) is 3. The predicted octanol–water partition coefficient (Wildman–Crippen LogP) is 1.57. The molecule has 1 aromatic rings. The highest BCUT2D eigenvalue weighted by Gasteiger charge is 2.34. The zero-order valence-electron chi connectivity index (χ0n) is 11.3. The molecule has 0 saturated heterocycles. The third kappa shape index (κ3) is 3.57. The zero-order valence-corrected chi connectivity index (χ0v) is 11.3. The molecule has 102 valence electrons. The number of aromatic amines is 1. The molecule has 1 rings (SSSR count). The standard InChI is InChI=1S/C13H24N4O/c1-3-5-13(10-14,6-4-2)12(18)17-9-11-15-7-8-16-11/h7-8H,3-6,9-10,14H2,1-2H3,(H,15,16)(H,17,18). The highest BCUT2D eigenvalue weighted by molar-refractivity contribution is 5.82. The number of amides is 1. The van der Waals surface area contributed by atoms with Crippen molar-refractivity contribution in [1.29, 1.82) is 0 Å². The van der Waals surface area contributed by atoms with Gasteiger partial charge in [0.25, 0.3) is 0 Å². The van der Waals surface area contributed by atoms with Crippen molar-refractivity contribution >= 4 is 5.91 Å². The highest BCUT2D eigenvalue weighted by atomic mass is 16.2. The Labute approximate surface area is 109 Å². The molecule has 18 heavy (non-hydrogen) atoms. The molecule has 0 radical (unpaired) electrons. The van der Waals surface area contributed by atoms with Gasteiger partial charge in [-0.3, -0.25) is 4.79 Å². The van der Waals surface area contributed by atoms with Crippen LogP contribution in [0.1, 0.15) is 45.4 Å². The summed E-state index contributed by atoms with van der Waals surface area (Å²) in [6, 6.07) is 0. The lowest BCUT2D eigenvalue weighted by atomic mass is 9.78. The summed E-state index contributed by atoms with van der Waals surface area (Å²) in [5, 5.41) is 2.93. The molecule has 0 aromatic carbocycles. The van der Waals surface area contributed by atoms with Crippen molar-refractivity contribution in [3.63, 3.8) is 0 Å². The largest absolute Gasteiger partial charge is 0.348 e. The van der Waals surface area contributed by atoms with Crippen LogP contribution in [0.15, 0.2) is 12.4 Å². The van der Waals surface area contributed by atoms with E-state index in [-0.39, 0.29) is 5.91 Å². The molecular weight excluding hydrogens is 228 g/mol. The molecule has 1 amide bonds. The molecule has 0 bridgehead atoms. The number of carbonyl (C=O) groups excluding carboxylic acids is 1. The van der Waals surface area contributed by atoms with E-state index in [0.29, 0.717) is 13.1 Å². The first-order valence-corrected chi connectivity index (χ1v) is 6.65. The van der Waals surface area contributed by atoms with Crippen LogP contribution in [0.5, 0.6) is 0 Å². The van der Waals surface area contributed by atoms with Crippen LogP contribution >= 0.6 is 0 Å². The first-order valence-electron chi connectivity index (χ1n) is 6.65. The number of nitrogens with one attached hydrogen (secondary N) is 2. The Hall–Kier alpha value is -1.36. The van der Waals surface area contributed by atoms with Crippen LogP contribution in [0, 0.1) is 5.41 Å². The van der Waals surface area contributed by atoms with Gasteiger partial charge in [-0.05, 0) is 12.8 Å². The quantitative estimate of drug-likeness (QED) is 0.656. The van der Waals surface area contributed by atoms with E-state index in [1.807, 2.05) is 0 Å². The second-order valence-electron chi connectivity index (χ2n) is 4.70. The van der Waals surface area contributed by atoms with E-state index in [0.717, 1.165) is 31.5 Å². The summed E-state index contributed by atoms with van der Waals surface area (Å²) in [5.41, 5.74) is 5.42. The van der Waals surface area contributed by atoms with Crippen molar-refractivity contribution in [3.05, 3.63) is 18.2 Å². The van der Waals surface area contributed by atoms with Crippen LogP contribution in [0.3, 0.4) is 0 Å². The molecule has 4 N–H and O–H groups in total. The lowest BCUT2D eigenvalue weighted by Crippen LogP contribution is -2.45. The third-order valence-electron chi connectivity index (χ3n) is 3.30. The minimum Gasteiger partial charge on any atom is -0.348 e. The Kier molecular flexibility index (Phi) is 5.85. The first kappa shape index (κ1) is 14.7. The van der Waals surface area contributed by atoms with Gasteiger partial charge in [0.1, 0.15) is 5.82 Å². The van der Waals surface area contributed by atoms with Crippen LogP contribution in [0.4, 0.5) is 0 Å². The van der Waals surface area contributed by atoms with E-state index in [1.165, 1.54) is 0 Å². The van der Waals surface area contributed by atoms with E-state index in [1.54, 1.807) is 12.4 Å². The summed E-state index contributed by atoms with van der Waals surface area (Å²) in [4.78, 5) is 19.4. The van der Waals surface area contributed by atoms with Gasteiger partial charge in [-0.1, -0.05) is 26.7 Å². The van der Waals surface area contributed by atoms with Crippen LogP contribution < -0.4 is 11.1 Å². The lowest BCUT2D eigenvalue weighted by molar-refractivity contribution is -0.131. The second-order valence-corrected chi connectivity index (χ2v) is 4.70. The number of hydrogen-bond acceptors (Lipinski definition) is 3. The van der Waals surface area contributed by atoms with Gasteiger partial charge in [0.2, 0.25) is 5.91 Å². The molecule has 0 aliphatic heterocycles. The van der Waals surface area contributed by atoms with Crippen molar-refractivity contribution in [2.45, 2.75) is 46.1 Å². The van der Waals surface area contributed by atoms with Crippen LogP contribution in [-0.2, 0) is 11.3 Å². The smallest absolute Gasteiger partial charge is 0.227 e. The second kappa shape index (κ2) is 7.16. The van der Waals surface area contributed by atoms with Crippen molar-refractivity contribution in [2.75, 3.05) is 6.54 Å². The molecule has 1 heterocycles. The van der Waals surface area contributed by atoms with Gasteiger partial charge in [-0.15, -0.1) is 0 Å². The fourth-order valence-corrected chi connectivity index (χ4v) is 2.35. The average molecular weight is 252 g/mol. The molecule has 5 heteroatoms. The Balaban J connectivity index is 2.63. The summed E-state index contributed by atoms with van der Waals surface area (Å²) < 4.78 is 0. The van der Waals surface area contributed by atoms with Gasteiger partial charge >= 0.3 is 0 Å². The zero-order chi connectivity index (χ0) is 13.4. The molecule has 5 nitrogen and oxygen atoms in total. The molecule has 0 atom stereocenters. The maximum atomic E-state index is 12.3. The van der Waals surface area contributed by atoms with E-state index in [4.69, 9.17) is 5.73 Å². The number of H-pyrrole nitrogens is 1. The molecule has 0 unspecified atom stereocenters. The van der Waals surface area contributed by atoms with E-state index >= 15 is 0 Å². The number of carbonyl (C=O) groups is 1. The predicted molar refractivity (Wildman–Crippen MR) is 71.7 cm³/mol. The molecule has 0 aliphatic rings. The summed E-state index contributed by atoms with van der Waals surface area (Å²) in [6.45, 7) is 5.00. The van der Waals surface area contributed by atoms with E-state index < -0.39 is 5.41 Å². The van der Waals surface area contributed by atoms with Crippen LogP contribution in [-0.4, -0.2) is 22.4 Å². The summed E-state index contributed by atoms with van der Waals surface area (Å²) >= 11 is 0. The molecular formula is C13H24N4O. The van der Waals surface area contributed by atoms with Gasteiger partial charge in [0, 0.05) is 18.9 Å². The minimum atomic E-state index is -0.421. The maximum absolute atomic E-state index is 12.3. The molecule has 0 fully saturated rings. The van der Waals surface area contributed by atoms with Gasteiger partial charge in [-0.2, -0.15) is 0 Å². The normalized spacial score (nSPS) is 11.5. The average Bonchev–Trinajstić information content (AvgIpc) is 2.88.